The van der Waals surface area contributed by atoms with Gasteiger partial charge < -0.3 is 4.90 Å². The van der Waals surface area contributed by atoms with Crippen LogP contribution in [0.5, 0.6) is 0 Å². The molecular weight excluding hydrogens is 333 g/mol. The average molecular weight is 348 g/mol. The highest BCUT2D eigenvalue weighted by molar-refractivity contribution is 6.30. The summed E-state index contributed by atoms with van der Waals surface area (Å²) in [6.45, 7) is 1.67. The van der Waals surface area contributed by atoms with Gasteiger partial charge in [-0.25, -0.2) is 9.37 Å². The molecule has 0 N–H and O–H groups in total. The number of hydrogen-bond donors (Lipinski definition) is 0. The molecule has 0 spiro atoms. The molecule has 0 bridgehead atoms. The van der Waals surface area contributed by atoms with Gasteiger partial charge in [0.05, 0.1) is 0 Å². The smallest absolute Gasteiger partial charge is 0.248 e. The number of piperazine rings is 1. The molecule has 0 unspecified atom stereocenters. The number of hydrogen-bond acceptors (Lipinski definition) is 3. The molecule has 3 rings (SSSR count). The second kappa shape index (κ2) is 6.57. The van der Waals surface area contributed by atoms with Crippen molar-refractivity contribution in [1.29, 1.82) is 0 Å². The number of aryl methyl sites for hydroxylation is 1. The lowest BCUT2D eigenvalue weighted by Gasteiger charge is -2.33. The molecule has 1 aliphatic heterocycles. The highest BCUT2D eigenvalue weighted by atomic mass is 35.5. The van der Waals surface area contributed by atoms with Gasteiger partial charge in [0.1, 0.15) is 13.1 Å². The SMILES string of the molecule is Cc1cnc(N2CC(=O)N(Cc3ccc(Cl)cc3)CC2=O)c(F)c1. The van der Waals surface area contributed by atoms with E-state index in [0.29, 0.717) is 17.1 Å². The monoisotopic (exact) mass is 347 g/mol. The Balaban J connectivity index is 1.75. The van der Waals surface area contributed by atoms with Gasteiger partial charge in [-0.2, -0.15) is 0 Å². The fourth-order valence-corrected chi connectivity index (χ4v) is 2.66. The van der Waals surface area contributed by atoms with Crippen LogP contribution in [0.15, 0.2) is 36.5 Å². The molecule has 1 saturated heterocycles. The largest absolute Gasteiger partial charge is 0.327 e. The van der Waals surface area contributed by atoms with Crippen LogP contribution in [-0.4, -0.2) is 34.8 Å². The third kappa shape index (κ3) is 3.38. The number of aromatic nitrogens is 1. The molecule has 0 radical (unpaired) electrons. The van der Waals surface area contributed by atoms with E-state index in [2.05, 4.69) is 4.98 Å². The molecule has 124 valence electrons. The Hall–Kier alpha value is -2.47. The van der Waals surface area contributed by atoms with E-state index in [1.165, 1.54) is 17.2 Å². The van der Waals surface area contributed by atoms with Crippen molar-refractivity contribution in [3.63, 3.8) is 0 Å². The maximum absolute atomic E-state index is 14.0. The fourth-order valence-electron chi connectivity index (χ4n) is 2.53. The van der Waals surface area contributed by atoms with Gasteiger partial charge in [0.15, 0.2) is 11.6 Å². The number of carbonyl (C=O) groups is 2. The first-order valence-electron chi connectivity index (χ1n) is 7.39. The van der Waals surface area contributed by atoms with Crippen LogP contribution in [0.3, 0.4) is 0 Å². The number of nitrogens with zero attached hydrogens (tertiary/aromatic N) is 3. The molecule has 1 aromatic heterocycles. The van der Waals surface area contributed by atoms with Crippen LogP contribution in [0.2, 0.25) is 5.02 Å². The molecule has 2 heterocycles. The summed E-state index contributed by atoms with van der Waals surface area (Å²) < 4.78 is 14.0. The minimum Gasteiger partial charge on any atom is -0.327 e. The predicted octanol–water partition coefficient (Wildman–Crippen LogP) is 2.56. The van der Waals surface area contributed by atoms with Crippen molar-refractivity contribution in [2.45, 2.75) is 13.5 Å². The van der Waals surface area contributed by atoms with E-state index in [1.54, 1.807) is 31.2 Å². The van der Waals surface area contributed by atoms with Gasteiger partial charge >= 0.3 is 0 Å². The van der Waals surface area contributed by atoms with E-state index in [-0.39, 0.29) is 30.7 Å². The Morgan fingerprint density at radius 3 is 2.54 bits per heavy atom. The highest BCUT2D eigenvalue weighted by Gasteiger charge is 2.32. The van der Waals surface area contributed by atoms with E-state index in [1.807, 2.05) is 0 Å². The summed E-state index contributed by atoms with van der Waals surface area (Å²) in [6, 6.07) is 8.34. The molecule has 0 saturated carbocycles. The zero-order valence-corrected chi connectivity index (χ0v) is 13.8. The molecule has 0 atom stereocenters. The van der Waals surface area contributed by atoms with Crippen LogP contribution < -0.4 is 4.90 Å². The maximum Gasteiger partial charge on any atom is 0.248 e. The molecule has 7 heteroatoms. The lowest BCUT2D eigenvalue weighted by atomic mass is 10.2. The lowest BCUT2D eigenvalue weighted by molar-refractivity contribution is -0.138. The van der Waals surface area contributed by atoms with Crippen molar-refractivity contribution in [2.75, 3.05) is 18.0 Å². The Morgan fingerprint density at radius 2 is 1.88 bits per heavy atom. The summed E-state index contributed by atoms with van der Waals surface area (Å²) in [5.74, 6) is -1.34. The topological polar surface area (TPSA) is 53.5 Å². The summed E-state index contributed by atoms with van der Waals surface area (Å²) in [5.41, 5.74) is 1.52. The van der Waals surface area contributed by atoms with Crippen LogP contribution in [0.4, 0.5) is 10.2 Å². The van der Waals surface area contributed by atoms with Crippen LogP contribution in [0.1, 0.15) is 11.1 Å². The van der Waals surface area contributed by atoms with E-state index < -0.39 is 5.82 Å². The molecular formula is C17H15ClFN3O2. The summed E-state index contributed by atoms with van der Waals surface area (Å²) in [5, 5.41) is 0.604. The van der Waals surface area contributed by atoms with Crippen LogP contribution >= 0.6 is 11.6 Å². The average Bonchev–Trinajstić information content (AvgIpc) is 2.53. The Kier molecular flexibility index (Phi) is 4.49. The van der Waals surface area contributed by atoms with Gasteiger partial charge in [0.25, 0.3) is 0 Å². The molecule has 5 nitrogen and oxygen atoms in total. The zero-order valence-electron chi connectivity index (χ0n) is 13.0. The van der Waals surface area contributed by atoms with Gasteiger partial charge in [-0.15, -0.1) is 0 Å². The van der Waals surface area contributed by atoms with Crippen molar-refractivity contribution in [2.24, 2.45) is 0 Å². The van der Waals surface area contributed by atoms with E-state index >= 15 is 0 Å². The number of amides is 2. The maximum atomic E-state index is 14.0. The number of carbonyl (C=O) groups excluding carboxylic acids is 2. The van der Waals surface area contributed by atoms with Gasteiger partial charge in [-0.1, -0.05) is 23.7 Å². The number of rotatable bonds is 3. The number of pyridine rings is 1. The Morgan fingerprint density at radius 1 is 1.17 bits per heavy atom. The first-order chi connectivity index (χ1) is 11.4. The van der Waals surface area contributed by atoms with Crippen molar-refractivity contribution < 1.29 is 14.0 Å². The number of halogens is 2. The Bertz CT molecular complexity index is 795. The number of anilines is 1. The van der Waals surface area contributed by atoms with Crippen LogP contribution in [-0.2, 0) is 16.1 Å². The molecule has 1 fully saturated rings. The van der Waals surface area contributed by atoms with Gasteiger partial charge in [-0.05, 0) is 36.2 Å². The van der Waals surface area contributed by atoms with Crippen molar-refractivity contribution in [1.82, 2.24) is 9.88 Å². The lowest BCUT2D eigenvalue weighted by Crippen LogP contribution is -2.54. The zero-order chi connectivity index (χ0) is 17.3. The molecule has 24 heavy (non-hydrogen) atoms. The first-order valence-corrected chi connectivity index (χ1v) is 7.76. The first kappa shape index (κ1) is 16.4. The van der Waals surface area contributed by atoms with Gasteiger partial charge in [-0.3, -0.25) is 14.5 Å². The minimum atomic E-state index is -0.609. The van der Waals surface area contributed by atoms with Crippen molar-refractivity contribution in [3.05, 3.63) is 58.5 Å². The standard InChI is InChI=1S/C17H15ClFN3O2/c1-11-6-14(19)17(20-7-11)22-10-15(23)21(9-16(22)24)8-12-2-4-13(18)5-3-12/h2-7H,8-10H2,1H3. The fraction of sp³-hybridized carbons (Fsp3) is 0.235. The van der Waals surface area contributed by atoms with E-state index in [0.717, 1.165) is 10.5 Å². The van der Waals surface area contributed by atoms with E-state index in [4.69, 9.17) is 11.6 Å². The molecule has 2 amide bonds. The number of benzene rings is 1. The second-order valence-corrected chi connectivity index (χ2v) is 6.11. The summed E-state index contributed by atoms with van der Waals surface area (Å²) in [4.78, 5) is 31.1. The quantitative estimate of drug-likeness (QED) is 0.857. The summed E-state index contributed by atoms with van der Waals surface area (Å²) in [7, 11) is 0. The summed E-state index contributed by atoms with van der Waals surface area (Å²) in [6.07, 6.45) is 1.47. The van der Waals surface area contributed by atoms with Crippen LogP contribution in [0, 0.1) is 12.7 Å². The van der Waals surface area contributed by atoms with Crippen LogP contribution in [0.25, 0.3) is 0 Å². The third-order valence-electron chi connectivity index (χ3n) is 3.77. The normalized spacial score (nSPS) is 15.1. The van der Waals surface area contributed by atoms with Gasteiger partial charge in [0, 0.05) is 17.8 Å². The van der Waals surface area contributed by atoms with Crippen molar-refractivity contribution in [3.8, 4) is 0 Å². The Labute approximate surface area is 143 Å². The van der Waals surface area contributed by atoms with E-state index in [9.17, 15) is 14.0 Å². The molecule has 1 aromatic carbocycles. The van der Waals surface area contributed by atoms with Crippen molar-refractivity contribution >= 4 is 29.2 Å². The minimum absolute atomic E-state index is 0.106. The predicted molar refractivity (Wildman–Crippen MR) is 88.2 cm³/mol. The highest BCUT2D eigenvalue weighted by Crippen LogP contribution is 2.21. The summed E-state index contributed by atoms with van der Waals surface area (Å²) >= 11 is 5.84. The molecule has 0 aliphatic carbocycles. The molecule has 2 aromatic rings. The molecule has 1 aliphatic rings. The van der Waals surface area contributed by atoms with Gasteiger partial charge in [0.2, 0.25) is 11.8 Å². The third-order valence-corrected chi connectivity index (χ3v) is 4.03. The second-order valence-electron chi connectivity index (χ2n) is 5.67.